The Balaban J connectivity index is 1.99. The monoisotopic (exact) mass is 347 g/mol. The van der Waals surface area contributed by atoms with Crippen molar-refractivity contribution in [1.82, 2.24) is 14.8 Å². The number of hydrogen-bond donors (Lipinski definition) is 0. The number of pyridine rings is 1. The standard InChI is InChI=1S/C20H14FN3O2/c1-26-20(25)16-11-18(13-5-3-2-4-6-13)23-19-17(16)12-22-24(19)15-9-7-14(21)8-10-15/h2-12H,1H3. The summed E-state index contributed by atoms with van der Waals surface area (Å²) in [5.74, 6) is -0.799. The number of aromatic nitrogens is 3. The molecule has 0 amide bonds. The molecule has 0 spiro atoms. The highest BCUT2D eigenvalue weighted by Gasteiger charge is 2.18. The van der Waals surface area contributed by atoms with E-state index in [1.807, 2.05) is 30.3 Å². The first-order valence-electron chi connectivity index (χ1n) is 7.96. The molecule has 26 heavy (non-hydrogen) atoms. The smallest absolute Gasteiger partial charge is 0.338 e. The van der Waals surface area contributed by atoms with Crippen LogP contribution in [0.5, 0.6) is 0 Å². The fourth-order valence-electron chi connectivity index (χ4n) is 2.81. The number of halogens is 1. The van der Waals surface area contributed by atoms with Gasteiger partial charge >= 0.3 is 5.97 Å². The van der Waals surface area contributed by atoms with Gasteiger partial charge in [0.25, 0.3) is 0 Å². The van der Waals surface area contributed by atoms with E-state index in [-0.39, 0.29) is 5.82 Å². The van der Waals surface area contributed by atoms with E-state index in [1.165, 1.54) is 19.2 Å². The first-order valence-corrected chi connectivity index (χ1v) is 7.96. The Morgan fingerprint density at radius 1 is 1.08 bits per heavy atom. The third-order valence-electron chi connectivity index (χ3n) is 4.09. The number of carbonyl (C=O) groups excluding carboxylic acids is 1. The summed E-state index contributed by atoms with van der Waals surface area (Å²) in [4.78, 5) is 16.9. The molecule has 0 radical (unpaired) electrons. The van der Waals surface area contributed by atoms with Crippen molar-refractivity contribution in [3.63, 3.8) is 0 Å². The molecule has 5 nitrogen and oxygen atoms in total. The summed E-state index contributed by atoms with van der Waals surface area (Å²) < 4.78 is 19.7. The highest BCUT2D eigenvalue weighted by atomic mass is 19.1. The Kier molecular flexibility index (Phi) is 3.93. The van der Waals surface area contributed by atoms with Gasteiger partial charge in [0.15, 0.2) is 5.65 Å². The Labute approximate surface area is 148 Å². The molecule has 0 saturated heterocycles. The van der Waals surface area contributed by atoms with E-state index in [0.717, 1.165) is 5.56 Å². The molecule has 0 unspecified atom stereocenters. The zero-order valence-electron chi connectivity index (χ0n) is 13.9. The molecular formula is C20H14FN3O2. The van der Waals surface area contributed by atoms with Crippen LogP contribution in [0.15, 0.2) is 66.9 Å². The molecule has 0 aliphatic heterocycles. The molecule has 0 fully saturated rings. The summed E-state index contributed by atoms with van der Waals surface area (Å²) in [6.45, 7) is 0. The Bertz CT molecular complexity index is 1090. The second-order valence-electron chi connectivity index (χ2n) is 5.68. The van der Waals surface area contributed by atoms with Crippen LogP contribution in [-0.4, -0.2) is 27.8 Å². The molecular weight excluding hydrogens is 333 g/mol. The number of esters is 1. The molecule has 0 aliphatic rings. The summed E-state index contributed by atoms with van der Waals surface area (Å²) in [5, 5.41) is 4.90. The minimum atomic E-state index is -0.465. The van der Waals surface area contributed by atoms with Crippen LogP contribution in [0.2, 0.25) is 0 Å². The molecule has 0 bridgehead atoms. The number of benzene rings is 2. The maximum absolute atomic E-state index is 13.2. The summed E-state index contributed by atoms with van der Waals surface area (Å²) in [6, 6.07) is 17.1. The van der Waals surface area contributed by atoms with Gasteiger partial charge in [0.2, 0.25) is 0 Å². The van der Waals surface area contributed by atoms with Gasteiger partial charge in [-0.05, 0) is 30.3 Å². The fraction of sp³-hybridized carbons (Fsp3) is 0.0500. The van der Waals surface area contributed by atoms with Crippen LogP contribution in [0.4, 0.5) is 4.39 Å². The van der Waals surface area contributed by atoms with E-state index in [1.54, 1.807) is 29.1 Å². The molecule has 2 heterocycles. The van der Waals surface area contributed by atoms with Crippen molar-refractivity contribution >= 4 is 17.0 Å². The molecule has 0 aliphatic carbocycles. The average Bonchev–Trinajstić information content (AvgIpc) is 3.12. The second kappa shape index (κ2) is 6.40. The average molecular weight is 347 g/mol. The molecule has 2 aromatic carbocycles. The topological polar surface area (TPSA) is 57.0 Å². The molecule has 6 heteroatoms. The minimum Gasteiger partial charge on any atom is -0.465 e. The van der Waals surface area contributed by atoms with Gasteiger partial charge in [-0.15, -0.1) is 0 Å². The highest BCUT2D eigenvalue weighted by molar-refractivity contribution is 6.04. The van der Waals surface area contributed by atoms with E-state index >= 15 is 0 Å². The largest absolute Gasteiger partial charge is 0.465 e. The first-order chi connectivity index (χ1) is 12.7. The van der Waals surface area contributed by atoms with Crippen molar-refractivity contribution in [3.05, 3.63) is 78.2 Å². The van der Waals surface area contributed by atoms with E-state index in [9.17, 15) is 9.18 Å². The number of methoxy groups -OCH3 is 1. The lowest BCUT2D eigenvalue weighted by atomic mass is 10.1. The van der Waals surface area contributed by atoms with Crippen molar-refractivity contribution in [2.24, 2.45) is 0 Å². The number of ether oxygens (including phenoxy) is 1. The highest BCUT2D eigenvalue weighted by Crippen LogP contribution is 2.26. The minimum absolute atomic E-state index is 0.335. The number of rotatable bonds is 3. The normalized spacial score (nSPS) is 10.8. The maximum atomic E-state index is 13.2. The van der Waals surface area contributed by atoms with Crippen LogP contribution in [0.3, 0.4) is 0 Å². The summed E-state index contributed by atoms with van der Waals surface area (Å²) in [5.41, 5.74) is 3.02. The molecule has 0 N–H and O–H groups in total. The lowest BCUT2D eigenvalue weighted by molar-refractivity contribution is 0.0603. The number of fused-ring (bicyclic) bond motifs is 1. The zero-order valence-corrected chi connectivity index (χ0v) is 13.9. The van der Waals surface area contributed by atoms with E-state index in [0.29, 0.717) is 28.0 Å². The Morgan fingerprint density at radius 3 is 2.50 bits per heavy atom. The van der Waals surface area contributed by atoms with Gasteiger partial charge in [-0.2, -0.15) is 5.10 Å². The number of carbonyl (C=O) groups is 1. The van der Waals surface area contributed by atoms with Gasteiger partial charge in [0, 0.05) is 5.56 Å². The first kappa shape index (κ1) is 16.0. The lowest BCUT2D eigenvalue weighted by Crippen LogP contribution is -2.05. The summed E-state index contributed by atoms with van der Waals surface area (Å²) in [7, 11) is 1.33. The zero-order chi connectivity index (χ0) is 18.1. The van der Waals surface area contributed by atoms with E-state index < -0.39 is 5.97 Å². The van der Waals surface area contributed by atoms with Crippen LogP contribution < -0.4 is 0 Å². The lowest BCUT2D eigenvalue weighted by Gasteiger charge is -2.08. The van der Waals surface area contributed by atoms with Gasteiger partial charge in [0.1, 0.15) is 5.82 Å². The van der Waals surface area contributed by atoms with E-state index in [4.69, 9.17) is 4.74 Å². The number of nitrogens with zero attached hydrogens (tertiary/aromatic N) is 3. The maximum Gasteiger partial charge on any atom is 0.338 e. The second-order valence-corrected chi connectivity index (χ2v) is 5.68. The number of hydrogen-bond acceptors (Lipinski definition) is 4. The summed E-state index contributed by atoms with van der Waals surface area (Å²) >= 11 is 0. The van der Waals surface area contributed by atoms with Gasteiger partial charge in [-0.1, -0.05) is 30.3 Å². The predicted octanol–water partition coefficient (Wildman–Crippen LogP) is 4.01. The van der Waals surface area contributed by atoms with Crippen molar-refractivity contribution in [2.75, 3.05) is 7.11 Å². The van der Waals surface area contributed by atoms with Crippen LogP contribution in [-0.2, 0) is 4.74 Å². The summed E-state index contributed by atoms with van der Waals surface area (Å²) in [6.07, 6.45) is 1.56. The fourth-order valence-corrected chi connectivity index (χ4v) is 2.81. The van der Waals surface area contributed by atoms with Crippen LogP contribution in [0, 0.1) is 5.82 Å². The van der Waals surface area contributed by atoms with Gasteiger partial charge in [0.05, 0.1) is 35.6 Å². The van der Waals surface area contributed by atoms with Gasteiger partial charge in [-0.25, -0.2) is 18.9 Å². The van der Waals surface area contributed by atoms with Crippen molar-refractivity contribution < 1.29 is 13.9 Å². The van der Waals surface area contributed by atoms with Crippen LogP contribution in [0.1, 0.15) is 10.4 Å². The quantitative estimate of drug-likeness (QED) is 0.525. The van der Waals surface area contributed by atoms with Gasteiger partial charge < -0.3 is 4.74 Å². The predicted molar refractivity (Wildman–Crippen MR) is 95.6 cm³/mol. The molecule has 4 aromatic rings. The molecule has 128 valence electrons. The van der Waals surface area contributed by atoms with Crippen molar-refractivity contribution in [3.8, 4) is 16.9 Å². The van der Waals surface area contributed by atoms with Crippen LogP contribution >= 0.6 is 0 Å². The third kappa shape index (κ3) is 2.71. The van der Waals surface area contributed by atoms with Crippen molar-refractivity contribution in [1.29, 1.82) is 0 Å². The SMILES string of the molecule is COC(=O)c1cc(-c2ccccc2)nc2c1cnn2-c1ccc(F)cc1. The molecule has 0 saturated carbocycles. The van der Waals surface area contributed by atoms with E-state index in [2.05, 4.69) is 10.1 Å². The Morgan fingerprint density at radius 2 is 1.81 bits per heavy atom. The molecule has 0 atom stereocenters. The Hall–Kier alpha value is -3.54. The van der Waals surface area contributed by atoms with Gasteiger partial charge in [-0.3, -0.25) is 0 Å². The molecule has 2 aromatic heterocycles. The van der Waals surface area contributed by atoms with Crippen molar-refractivity contribution in [2.45, 2.75) is 0 Å². The van der Waals surface area contributed by atoms with Crippen LogP contribution in [0.25, 0.3) is 28.0 Å². The molecule has 4 rings (SSSR count). The third-order valence-corrected chi connectivity index (χ3v) is 4.09.